The zero-order valence-electron chi connectivity index (χ0n) is 11.4. The first-order chi connectivity index (χ1) is 10.2. The van der Waals surface area contributed by atoms with Crippen molar-refractivity contribution in [1.82, 2.24) is 4.98 Å². The van der Waals surface area contributed by atoms with Gasteiger partial charge in [-0.25, -0.2) is 4.98 Å². The van der Waals surface area contributed by atoms with Crippen LogP contribution in [-0.4, -0.2) is 10.8 Å². The summed E-state index contributed by atoms with van der Waals surface area (Å²) in [7, 11) is 0. The van der Waals surface area contributed by atoms with Gasteiger partial charge < -0.3 is 4.74 Å². The lowest BCUT2D eigenvalue weighted by atomic mass is 10.1. The molecule has 3 rings (SSSR count). The van der Waals surface area contributed by atoms with Gasteiger partial charge in [0, 0.05) is 21.9 Å². The normalized spacial score (nSPS) is 10.5. The third-order valence-corrected chi connectivity index (χ3v) is 4.59. The number of thiazole rings is 1. The number of Topliss-reactive ketones (excluding diaryl/α,β-unsaturated/α-hetero) is 1. The number of rotatable bonds is 5. The van der Waals surface area contributed by atoms with Crippen LogP contribution in [0.25, 0.3) is 10.6 Å². The van der Waals surface area contributed by atoms with E-state index in [4.69, 9.17) is 4.74 Å². The predicted octanol–water partition coefficient (Wildman–Crippen LogP) is 4.65. The average Bonchev–Trinajstić information content (AvgIpc) is 3.16. The summed E-state index contributed by atoms with van der Waals surface area (Å²) < 4.78 is 5.69. The van der Waals surface area contributed by atoms with Crippen molar-refractivity contribution in [3.8, 4) is 16.3 Å². The van der Waals surface area contributed by atoms with E-state index in [0.29, 0.717) is 12.2 Å². The van der Waals surface area contributed by atoms with Crippen molar-refractivity contribution >= 4 is 28.5 Å². The number of carbonyl (C=O) groups is 1. The molecule has 2 aromatic heterocycles. The Kier molecular flexibility index (Phi) is 4.13. The molecule has 2 heterocycles. The van der Waals surface area contributed by atoms with Crippen molar-refractivity contribution in [3.63, 3.8) is 0 Å². The van der Waals surface area contributed by atoms with Crippen LogP contribution in [0.5, 0.6) is 5.75 Å². The molecular weight excluding hydrogens is 302 g/mol. The first-order valence-electron chi connectivity index (χ1n) is 6.43. The summed E-state index contributed by atoms with van der Waals surface area (Å²) in [5.74, 6) is 0.798. The second kappa shape index (κ2) is 6.20. The van der Waals surface area contributed by atoms with Crippen LogP contribution >= 0.6 is 22.7 Å². The van der Waals surface area contributed by atoms with Crippen LogP contribution in [0.3, 0.4) is 0 Å². The molecule has 5 heteroatoms. The topological polar surface area (TPSA) is 39.2 Å². The average molecular weight is 315 g/mol. The summed E-state index contributed by atoms with van der Waals surface area (Å²) in [4.78, 5) is 15.8. The van der Waals surface area contributed by atoms with Gasteiger partial charge in [0.25, 0.3) is 0 Å². The van der Waals surface area contributed by atoms with E-state index in [2.05, 4.69) is 16.4 Å². The third-order valence-electron chi connectivity index (χ3n) is 2.97. The monoisotopic (exact) mass is 315 g/mol. The third kappa shape index (κ3) is 3.37. The highest BCUT2D eigenvalue weighted by Gasteiger charge is 2.06. The van der Waals surface area contributed by atoms with E-state index < -0.39 is 0 Å². The summed E-state index contributed by atoms with van der Waals surface area (Å²) in [5.41, 5.74) is 2.76. The molecule has 0 amide bonds. The molecule has 0 radical (unpaired) electrons. The SMILES string of the molecule is CC(=O)c1ccc(OCc2csc(-c3ccsc3)n2)cc1. The van der Waals surface area contributed by atoms with Gasteiger partial charge in [0.2, 0.25) is 0 Å². The lowest BCUT2D eigenvalue weighted by Crippen LogP contribution is -1.97. The van der Waals surface area contributed by atoms with Gasteiger partial charge in [-0.05, 0) is 42.6 Å². The molecule has 0 saturated carbocycles. The number of nitrogens with zero attached hydrogens (tertiary/aromatic N) is 1. The Morgan fingerprint density at radius 3 is 2.67 bits per heavy atom. The van der Waals surface area contributed by atoms with Crippen LogP contribution < -0.4 is 4.74 Å². The zero-order valence-corrected chi connectivity index (χ0v) is 13.0. The van der Waals surface area contributed by atoms with Gasteiger partial charge in [0.1, 0.15) is 17.4 Å². The van der Waals surface area contributed by atoms with Crippen LogP contribution in [-0.2, 0) is 6.61 Å². The van der Waals surface area contributed by atoms with Crippen LogP contribution in [0.15, 0.2) is 46.5 Å². The molecule has 0 aliphatic rings. The minimum Gasteiger partial charge on any atom is -0.487 e. The van der Waals surface area contributed by atoms with E-state index in [9.17, 15) is 4.79 Å². The molecule has 0 bridgehead atoms. The van der Waals surface area contributed by atoms with Crippen LogP contribution in [0.2, 0.25) is 0 Å². The van der Waals surface area contributed by atoms with Crippen molar-refractivity contribution in [2.75, 3.05) is 0 Å². The van der Waals surface area contributed by atoms with Crippen LogP contribution in [0, 0.1) is 0 Å². The minimum absolute atomic E-state index is 0.0569. The van der Waals surface area contributed by atoms with Gasteiger partial charge in [-0.2, -0.15) is 11.3 Å². The lowest BCUT2D eigenvalue weighted by molar-refractivity contribution is 0.101. The number of thiophene rings is 1. The second-order valence-corrected chi connectivity index (χ2v) is 6.16. The van der Waals surface area contributed by atoms with Crippen molar-refractivity contribution in [2.24, 2.45) is 0 Å². The van der Waals surface area contributed by atoms with Crippen LogP contribution in [0.1, 0.15) is 23.0 Å². The fraction of sp³-hybridized carbons (Fsp3) is 0.125. The molecule has 0 unspecified atom stereocenters. The molecule has 3 nitrogen and oxygen atoms in total. The van der Waals surface area contributed by atoms with Gasteiger partial charge in [0.05, 0.1) is 5.69 Å². The quantitative estimate of drug-likeness (QED) is 0.643. The van der Waals surface area contributed by atoms with Gasteiger partial charge in [-0.15, -0.1) is 11.3 Å². The van der Waals surface area contributed by atoms with Gasteiger partial charge in [0.15, 0.2) is 5.78 Å². The molecule has 0 atom stereocenters. The summed E-state index contributed by atoms with van der Waals surface area (Å²) >= 11 is 3.29. The predicted molar refractivity (Wildman–Crippen MR) is 86.2 cm³/mol. The molecule has 0 aliphatic carbocycles. The number of carbonyl (C=O) groups excluding carboxylic acids is 1. The molecule has 0 N–H and O–H groups in total. The number of hydrogen-bond acceptors (Lipinski definition) is 5. The van der Waals surface area contributed by atoms with E-state index >= 15 is 0 Å². The molecule has 106 valence electrons. The van der Waals surface area contributed by atoms with Crippen molar-refractivity contribution in [1.29, 1.82) is 0 Å². The van der Waals surface area contributed by atoms with Gasteiger partial charge in [-0.1, -0.05) is 0 Å². The van der Waals surface area contributed by atoms with Crippen molar-refractivity contribution in [3.05, 3.63) is 57.7 Å². The maximum absolute atomic E-state index is 11.2. The summed E-state index contributed by atoms with van der Waals surface area (Å²) in [6.45, 7) is 1.98. The van der Waals surface area contributed by atoms with E-state index in [0.717, 1.165) is 22.0 Å². The highest BCUT2D eigenvalue weighted by atomic mass is 32.1. The smallest absolute Gasteiger partial charge is 0.159 e. The maximum Gasteiger partial charge on any atom is 0.159 e. The Hall–Kier alpha value is -1.98. The van der Waals surface area contributed by atoms with E-state index in [1.54, 1.807) is 41.7 Å². The molecule has 0 saturated heterocycles. The Labute approximate surface area is 130 Å². The second-order valence-electron chi connectivity index (χ2n) is 4.53. The number of ether oxygens (including phenoxy) is 1. The molecule has 0 spiro atoms. The highest BCUT2D eigenvalue weighted by molar-refractivity contribution is 7.14. The molecule has 0 aliphatic heterocycles. The van der Waals surface area contributed by atoms with E-state index in [1.165, 1.54) is 0 Å². The molecule has 1 aromatic carbocycles. The maximum atomic E-state index is 11.2. The molecule has 21 heavy (non-hydrogen) atoms. The highest BCUT2D eigenvalue weighted by Crippen LogP contribution is 2.26. The fourth-order valence-electron chi connectivity index (χ4n) is 1.84. The molecule has 3 aromatic rings. The standard InChI is InChI=1S/C16H13NO2S2/c1-11(18)12-2-4-15(5-3-12)19-8-14-10-21-16(17-14)13-6-7-20-9-13/h2-7,9-10H,8H2,1H3. The Bertz CT molecular complexity index is 730. The Morgan fingerprint density at radius 2 is 2.00 bits per heavy atom. The largest absolute Gasteiger partial charge is 0.487 e. The summed E-state index contributed by atoms with van der Waals surface area (Å²) in [6.07, 6.45) is 0. The minimum atomic E-state index is 0.0569. The first kappa shape index (κ1) is 14.0. The summed E-state index contributed by atoms with van der Waals surface area (Å²) in [6, 6.07) is 9.23. The number of hydrogen-bond donors (Lipinski definition) is 0. The number of aromatic nitrogens is 1. The van der Waals surface area contributed by atoms with E-state index in [1.807, 2.05) is 22.9 Å². The fourth-order valence-corrected chi connectivity index (χ4v) is 3.35. The number of ketones is 1. The van der Waals surface area contributed by atoms with Crippen LogP contribution in [0.4, 0.5) is 0 Å². The molecule has 0 fully saturated rings. The zero-order chi connectivity index (χ0) is 14.7. The Balaban J connectivity index is 1.64. The van der Waals surface area contributed by atoms with Crippen molar-refractivity contribution in [2.45, 2.75) is 13.5 Å². The lowest BCUT2D eigenvalue weighted by Gasteiger charge is -2.04. The Morgan fingerprint density at radius 1 is 1.19 bits per heavy atom. The molecular formula is C16H13NO2S2. The van der Waals surface area contributed by atoms with Gasteiger partial charge >= 0.3 is 0 Å². The van der Waals surface area contributed by atoms with Crippen molar-refractivity contribution < 1.29 is 9.53 Å². The summed E-state index contributed by atoms with van der Waals surface area (Å²) in [5, 5.41) is 7.16. The van der Waals surface area contributed by atoms with Gasteiger partial charge in [-0.3, -0.25) is 4.79 Å². The first-order valence-corrected chi connectivity index (χ1v) is 8.25. The van der Waals surface area contributed by atoms with E-state index in [-0.39, 0.29) is 5.78 Å². The number of benzene rings is 1.